The van der Waals surface area contributed by atoms with Gasteiger partial charge in [0, 0.05) is 18.2 Å². The predicted molar refractivity (Wildman–Crippen MR) is 69.4 cm³/mol. The minimum atomic E-state index is -0.294. The van der Waals surface area contributed by atoms with Crippen molar-refractivity contribution in [3.8, 4) is 6.07 Å². The quantitative estimate of drug-likeness (QED) is 0.887. The van der Waals surface area contributed by atoms with Gasteiger partial charge in [-0.3, -0.25) is 0 Å². The Morgan fingerprint density at radius 3 is 2.83 bits per heavy atom. The highest BCUT2D eigenvalue weighted by Crippen LogP contribution is 2.37. The molecule has 0 heterocycles. The molecule has 0 amide bonds. The van der Waals surface area contributed by atoms with Gasteiger partial charge in [0.05, 0.1) is 11.6 Å². The molecule has 1 fully saturated rings. The van der Waals surface area contributed by atoms with E-state index in [1.165, 1.54) is 18.9 Å². The SMILES string of the molecule is CC1(C)CCCC1NCc1ccc(C#N)cc1F. The first-order chi connectivity index (χ1) is 8.53. The summed E-state index contributed by atoms with van der Waals surface area (Å²) in [6.45, 7) is 5.05. The van der Waals surface area contributed by atoms with Crippen molar-refractivity contribution in [1.29, 1.82) is 5.26 Å². The van der Waals surface area contributed by atoms with E-state index < -0.39 is 0 Å². The smallest absolute Gasteiger partial charge is 0.129 e. The van der Waals surface area contributed by atoms with Crippen molar-refractivity contribution in [2.24, 2.45) is 5.41 Å². The lowest BCUT2D eigenvalue weighted by Gasteiger charge is -2.28. The van der Waals surface area contributed by atoms with Gasteiger partial charge in [-0.15, -0.1) is 0 Å². The van der Waals surface area contributed by atoms with Gasteiger partial charge in [0.25, 0.3) is 0 Å². The molecule has 0 saturated heterocycles. The number of hydrogen-bond donors (Lipinski definition) is 1. The Morgan fingerprint density at radius 1 is 1.50 bits per heavy atom. The molecule has 1 N–H and O–H groups in total. The molecule has 0 bridgehead atoms. The minimum Gasteiger partial charge on any atom is -0.309 e. The van der Waals surface area contributed by atoms with Gasteiger partial charge >= 0.3 is 0 Å². The lowest BCUT2D eigenvalue weighted by Crippen LogP contribution is -2.37. The summed E-state index contributed by atoms with van der Waals surface area (Å²) in [6.07, 6.45) is 3.62. The van der Waals surface area contributed by atoms with E-state index >= 15 is 0 Å². The van der Waals surface area contributed by atoms with Gasteiger partial charge in [-0.1, -0.05) is 26.3 Å². The number of halogens is 1. The first-order valence-corrected chi connectivity index (χ1v) is 6.45. The van der Waals surface area contributed by atoms with Gasteiger partial charge in [0.1, 0.15) is 5.82 Å². The molecular formula is C15H19FN2. The maximum Gasteiger partial charge on any atom is 0.129 e. The maximum atomic E-state index is 13.7. The number of hydrogen-bond acceptors (Lipinski definition) is 2. The normalized spacial score (nSPS) is 21.8. The molecule has 1 aliphatic rings. The lowest BCUT2D eigenvalue weighted by molar-refractivity contribution is 0.281. The van der Waals surface area contributed by atoms with Crippen LogP contribution in [0.1, 0.15) is 44.2 Å². The van der Waals surface area contributed by atoms with Crippen molar-refractivity contribution in [2.45, 2.75) is 45.7 Å². The zero-order valence-electron chi connectivity index (χ0n) is 11.0. The fraction of sp³-hybridized carbons (Fsp3) is 0.533. The van der Waals surface area contributed by atoms with Gasteiger partial charge in [0.2, 0.25) is 0 Å². The van der Waals surface area contributed by atoms with Gasteiger partial charge in [0.15, 0.2) is 0 Å². The molecule has 0 aliphatic heterocycles. The maximum absolute atomic E-state index is 13.7. The molecule has 1 aromatic rings. The monoisotopic (exact) mass is 246 g/mol. The number of benzene rings is 1. The summed E-state index contributed by atoms with van der Waals surface area (Å²) in [6, 6.07) is 7.06. The van der Waals surface area contributed by atoms with Crippen LogP contribution >= 0.6 is 0 Å². The Bertz CT molecular complexity index is 474. The van der Waals surface area contributed by atoms with Crippen molar-refractivity contribution < 1.29 is 4.39 Å². The largest absolute Gasteiger partial charge is 0.309 e. The first-order valence-electron chi connectivity index (χ1n) is 6.45. The Morgan fingerprint density at radius 2 is 2.28 bits per heavy atom. The summed E-state index contributed by atoms with van der Waals surface area (Å²) in [5, 5.41) is 12.1. The number of nitrogens with zero attached hydrogens (tertiary/aromatic N) is 1. The molecule has 18 heavy (non-hydrogen) atoms. The van der Waals surface area contributed by atoms with Crippen LogP contribution in [0, 0.1) is 22.6 Å². The van der Waals surface area contributed by atoms with Crippen LogP contribution in [0.15, 0.2) is 18.2 Å². The summed E-state index contributed by atoms with van der Waals surface area (Å²) < 4.78 is 13.7. The minimum absolute atomic E-state index is 0.294. The molecule has 0 spiro atoms. The molecule has 0 radical (unpaired) electrons. The van der Waals surface area contributed by atoms with Crippen LogP contribution in [-0.2, 0) is 6.54 Å². The van der Waals surface area contributed by atoms with Crippen LogP contribution in [-0.4, -0.2) is 6.04 Å². The average molecular weight is 246 g/mol. The van der Waals surface area contributed by atoms with Crippen LogP contribution in [0.4, 0.5) is 4.39 Å². The zero-order valence-corrected chi connectivity index (χ0v) is 11.0. The van der Waals surface area contributed by atoms with Gasteiger partial charge in [-0.25, -0.2) is 4.39 Å². The van der Waals surface area contributed by atoms with E-state index in [0.29, 0.717) is 29.1 Å². The molecule has 1 unspecified atom stereocenters. The highest BCUT2D eigenvalue weighted by Gasteiger charge is 2.33. The molecule has 3 heteroatoms. The average Bonchev–Trinajstić information content (AvgIpc) is 2.67. The van der Waals surface area contributed by atoms with Crippen LogP contribution < -0.4 is 5.32 Å². The van der Waals surface area contributed by atoms with Crippen molar-refractivity contribution in [3.63, 3.8) is 0 Å². The Balaban J connectivity index is 2.01. The highest BCUT2D eigenvalue weighted by atomic mass is 19.1. The third kappa shape index (κ3) is 2.70. The highest BCUT2D eigenvalue weighted by molar-refractivity contribution is 5.32. The van der Waals surface area contributed by atoms with Crippen molar-refractivity contribution in [1.82, 2.24) is 5.32 Å². The molecule has 2 rings (SSSR count). The third-order valence-corrected chi connectivity index (χ3v) is 3.98. The zero-order chi connectivity index (χ0) is 13.2. The van der Waals surface area contributed by atoms with Crippen LogP contribution in [0.3, 0.4) is 0 Å². The van der Waals surface area contributed by atoms with Crippen LogP contribution in [0.2, 0.25) is 0 Å². The summed E-state index contributed by atoms with van der Waals surface area (Å²) in [5.74, 6) is -0.294. The van der Waals surface area contributed by atoms with E-state index in [9.17, 15) is 4.39 Å². The number of nitrogens with one attached hydrogen (secondary N) is 1. The second kappa shape index (κ2) is 5.07. The standard InChI is InChI=1S/C15H19FN2/c1-15(2)7-3-4-14(15)18-10-12-6-5-11(9-17)8-13(12)16/h5-6,8,14,18H,3-4,7,10H2,1-2H3. The molecule has 1 saturated carbocycles. The summed E-state index contributed by atoms with van der Waals surface area (Å²) in [5.41, 5.74) is 1.30. The third-order valence-electron chi connectivity index (χ3n) is 3.98. The summed E-state index contributed by atoms with van der Waals surface area (Å²) in [4.78, 5) is 0. The molecule has 1 atom stereocenters. The Hall–Kier alpha value is -1.40. The Labute approximate surface area is 108 Å². The van der Waals surface area contributed by atoms with E-state index in [2.05, 4.69) is 19.2 Å². The molecule has 1 aromatic carbocycles. The molecule has 2 nitrogen and oxygen atoms in total. The van der Waals surface area contributed by atoms with E-state index in [4.69, 9.17) is 5.26 Å². The fourth-order valence-corrected chi connectivity index (χ4v) is 2.70. The number of rotatable bonds is 3. The van der Waals surface area contributed by atoms with Crippen molar-refractivity contribution >= 4 is 0 Å². The first kappa shape index (κ1) is 13.0. The van der Waals surface area contributed by atoms with Crippen molar-refractivity contribution in [3.05, 3.63) is 35.1 Å². The van der Waals surface area contributed by atoms with E-state index in [1.54, 1.807) is 12.1 Å². The van der Waals surface area contributed by atoms with E-state index in [1.807, 2.05) is 6.07 Å². The van der Waals surface area contributed by atoms with E-state index in [0.717, 1.165) is 6.42 Å². The topological polar surface area (TPSA) is 35.8 Å². The molecular weight excluding hydrogens is 227 g/mol. The fourth-order valence-electron chi connectivity index (χ4n) is 2.70. The second-order valence-corrected chi connectivity index (χ2v) is 5.73. The lowest BCUT2D eigenvalue weighted by atomic mass is 9.87. The Kier molecular flexibility index (Phi) is 3.68. The summed E-state index contributed by atoms with van der Waals surface area (Å²) >= 11 is 0. The molecule has 96 valence electrons. The predicted octanol–water partition coefficient (Wildman–Crippen LogP) is 3.37. The van der Waals surface area contributed by atoms with Gasteiger partial charge in [-0.2, -0.15) is 5.26 Å². The van der Waals surface area contributed by atoms with Crippen LogP contribution in [0.25, 0.3) is 0 Å². The van der Waals surface area contributed by atoms with E-state index in [-0.39, 0.29) is 5.82 Å². The van der Waals surface area contributed by atoms with Crippen molar-refractivity contribution in [2.75, 3.05) is 0 Å². The van der Waals surface area contributed by atoms with Gasteiger partial charge in [-0.05, 0) is 30.4 Å². The summed E-state index contributed by atoms with van der Waals surface area (Å²) in [7, 11) is 0. The second-order valence-electron chi connectivity index (χ2n) is 5.73. The van der Waals surface area contributed by atoms with Gasteiger partial charge < -0.3 is 5.32 Å². The number of nitriles is 1. The van der Waals surface area contributed by atoms with Crippen LogP contribution in [0.5, 0.6) is 0 Å². The molecule has 1 aliphatic carbocycles. The molecule has 0 aromatic heterocycles.